The molecule has 0 bridgehead atoms. The van der Waals surface area contributed by atoms with Crippen LogP contribution < -0.4 is 5.32 Å². The number of hydrogen-bond donors (Lipinski definition) is 1. The molecule has 1 amide bonds. The van der Waals surface area contributed by atoms with Gasteiger partial charge >= 0.3 is 5.97 Å². The highest BCUT2D eigenvalue weighted by Gasteiger charge is 2.23. The maximum absolute atomic E-state index is 12.1. The summed E-state index contributed by atoms with van der Waals surface area (Å²) in [7, 11) is 0. The van der Waals surface area contributed by atoms with E-state index in [1.807, 2.05) is 30.3 Å². The Balaban J connectivity index is 1.88. The molecule has 6 heteroatoms. The molecule has 0 fully saturated rings. The second-order valence-electron chi connectivity index (χ2n) is 5.12. The predicted octanol–water partition coefficient (Wildman–Crippen LogP) is 4.39. The second-order valence-corrected chi connectivity index (χ2v) is 6.94. The summed E-state index contributed by atoms with van der Waals surface area (Å²) in [6, 6.07) is 16.4. The van der Waals surface area contributed by atoms with E-state index in [9.17, 15) is 9.59 Å². The van der Waals surface area contributed by atoms with Crippen molar-refractivity contribution in [3.8, 4) is 0 Å². The van der Waals surface area contributed by atoms with E-state index in [1.54, 1.807) is 31.2 Å². The fourth-order valence-corrected chi connectivity index (χ4v) is 2.93. The lowest BCUT2D eigenvalue weighted by molar-refractivity contribution is -0.152. The topological polar surface area (TPSA) is 55.4 Å². The van der Waals surface area contributed by atoms with E-state index in [2.05, 4.69) is 5.32 Å². The number of rotatable bonds is 6. The summed E-state index contributed by atoms with van der Waals surface area (Å²) in [5.41, 5.74) is 0.485. The number of esters is 1. The van der Waals surface area contributed by atoms with Crippen molar-refractivity contribution in [1.29, 1.82) is 0 Å². The number of nitrogens with one attached hydrogen (secondary N) is 1. The molecule has 0 aliphatic rings. The summed E-state index contributed by atoms with van der Waals surface area (Å²) in [6.45, 7) is 3.28. The van der Waals surface area contributed by atoms with Crippen LogP contribution in [0.1, 0.15) is 13.8 Å². The first kappa shape index (κ1) is 18.4. The van der Waals surface area contributed by atoms with Crippen LogP contribution in [0.4, 0.5) is 5.69 Å². The van der Waals surface area contributed by atoms with Gasteiger partial charge in [0.05, 0.1) is 10.7 Å². The maximum Gasteiger partial charge on any atom is 0.319 e. The van der Waals surface area contributed by atoms with Gasteiger partial charge in [-0.2, -0.15) is 0 Å². The van der Waals surface area contributed by atoms with Gasteiger partial charge in [0.2, 0.25) is 0 Å². The number of hydrogen-bond acceptors (Lipinski definition) is 4. The molecular weight excluding hydrogens is 346 g/mol. The minimum atomic E-state index is -0.910. The molecule has 0 spiro atoms. The Bertz CT molecular complexity index is 708. The summed E-state index contributed by atoms with van der Waals surface area (Å²) in [5, 5.41) is 2.66. The largest absolute Gasteiger partial charge is 0.452 e. The van der Waals surface area contributed by atoms with Crippen molar-refractivity contribution in [1.82, 2.24) is 0 Å². The third-order valence-corrected chi connectivity index (χ3v) is 4.60. The van der Waals surface area contributed by atoms with E-state index < -0.39 is 23.2 Å². The van der Waals surface area contributed by atoms with Crippen LogP contribution >= 0.6 is 23.4 Å². The van der Waals surface area contributed by atoms with Gasteiger partial charge in [-0.25, -0.2) is 0 Å². The Morgan fingerprint density at radius 1 is 1.04 bits per heavy atom. The molecule has 0 saturated heterocycles. The lowest BCUT2D eigenvalue weighted by Gasteiger charge is -2.17. The minimum Gasteiger partial charge on any atom is -0.452 e. The highest BCUT2D eigenvalue weighted by atomic mass is 35.5. The molecule has 0 radical (unpaired) electrons. The molecule has 0 aliphatic heterocycles. The normalized spacial score (nSPS) is 13.0. The Hall–Kier alpha value is -1.98. The van der Waals surface area contributed by atoms with Gasteiger partial charge in [-0.05, 0) is 38.1 Å². The Morgan fingerprint density at radius 3 is 2.33 bits per heavy atom. The molecule has 0 unspecified atom stereocenters. The highest BCUT2D eigenvalue weighted by molar-refractivity contribution is 8.00. The molecule has 0 aliphatic carbocycles. The van der Waals surface area contributed by atoms with Crippen LogP contribution in [0, 0.1) is 0 Å². The van der Waals surface area contributed by atoms with Crippen molar-refractivity contribution in [3.63, 3.8) is 0 Å². The molecular formula is C18H18ClNO3S. The van der Waals surface area contributed by atoms with Gasteiger partial charge in [0.25, 0.3) is 5.91 Å². The molecule has 0 aromatic heterocycles. The van der Waals surface area contributed by atoms with Crippen LogP contribution in [0.15, 0.2) is 59.5 Å². The number of carbonyl (C=O) groups excluding carboxylic acids is 2. The van der Waals surface area contributed by atoms with Gasteiger partial charge in [0.1, 0.15) is 5.25 Å². The van der Waals surface area contributed by atoms with E-state index in [1.165, 1.54) is 18.7 Å². The SMILES string of the molecule is C[C@H](OC(=O)[C@@H](C)Sc1ccccc1)C(=O)Nc1ccccc1Cl. The van der Waals surface area contributed by atoms with E-state index in [4.69, 9.17) is 16.3 Å². The number of benzene rings is 2. The molecule has 4 nitrogen and oxygen atoms in total. The number of anilines is 1. The number of halogens is 1. The zero-order chi connectivity index (χ0) is 17.5. The van der Waals surface area contributed by atoms with Gasteiger partial charge in [-0.15, -0.1) is 11.8 Å². The Morgan fingerprint density at radius 2 is 1.67 bits per heavy atom. The predicted molar refractivity (Wildman–Crippen MR) is 97.4 cm³/mol. The average molecular weight is 364 g/mol. The summed E-state index contributed by atoms with van der Waals surface area (Å²) in [5.74, 6) is -0.862. The van der Waals surface area contributed by atoms with Crippen LogP contribution in [-0.2, 0) is 14.3 Å². The molecule has 0 saturated carbocycles. The lowest BCUT2D eigenvalue weighted by Crippen LogP contribution is -2.32. The van der Waals surface area contributed by atoms with Gasteiger partial charge in [0.15, 0.2) is 6.10 Å². The minimum absolute atomic E-state index is 0.414. The number of ether oxygens (including phenoxy) is 1. The molecule has 1 N–H and O–H groups in total. The monoisotopic (exact) mass is 363 g/mol. The first-order valence-electron chi connectivity index (χ1n) is 7.45. The summed E-state index contributed by atoms with van der Waals surface area (Å²) >= 11 is 7.38. The van der Waals surface area contributed by atoms with Crippen molar-refractivity contribution in [3.05, 3.63) is 59.6 Å². The van der Waals surface area contributed by atoms with Crippen LogP contribution in [0.3, 0.4) is 0 Å². The molecule has 2 atom stereocenters. The van der Waals surface area contributed by atoms with Crippen LogP contribution in [0.5, 0.6) is 0 Å². The quantitative estimate of drug-likeness (QED) is 0.610. The molecule has 24 heavy (non-hydrogen) atoms. The van der Waals surface area contributed by atoms with Gasteiger partial charge in [0, 0.05) is 4.90 Å². The number of thioether (sulfide) groups is 1. The van der Waals surface area contributed by atoms with E-state index in [0.717, 1.165) is 4.90 Å². The van der Waals surface area contributed by atoms with Crippen molar-refractivity contribution < 1.29 is 14.3 Å². The highest BCUT2D eigenvalue weighted by Crippen LogP contribution is 2.24. The van der Waals surface area contributed by atoms with E-state index >= 15 is 0 Å². The standard InChI is InChI=1S/C18H18ClNO3S/c1-12(17(21)20-16-11-7-6-10-15(16)19)23-18(22)13(2)24-14-8-4-3-5-9-14/h3-13H,1-2H3,(H,20,21)/t12-,13+/m0/s1. The first-order chi connectivity index (χ1) is 11.5. The van der Waals surface area contributed by atoms with Crippen LogP contribution in [0.2, 0.25) is 5.02 Å². The fraction of sp³-hybridized carbons (Fsp3) is 0.222. The molecule has 2 rings (SSSR count). The first-order valence-corrected chi connectivity index (χ1v) is 8.70. The van der Waals surface area contributed by atoms with Gasteiger partial charge in [-0.3, -0.25) is 9.59 Å². The third kappa shape index (κ3) is 5.28. The number of para-hydroxylation sites is 1. The number of amides is 1. The van der Waals surface area contributed by atoms with Crippen molar-refractivity contribution in [2.45, 2.75) is 30.1 Å². The average Bonchev–Trinajstić information content (AvgIpc) is 2.57. The van der Waals surface area contributed by atoms with Crippen LogP contribution in [0.25, 0.3) is 0 Å². The zero-order valence-electron chi connectivity index (χ0n) is 13.4. The van der Waals surface area contributed by atoms with Crippen molar-refractivity contribution in [2.75, 3.05) is 5.32 Å². The Kier molecular flexibility index (Phi) is 6.70. The lowest BCUT2D eigenvalue weighted by atomic mass is 10.3. The van der Waals surface area contributed by atoms with Gasteiger partial charge < -0.3 is 10.1 Å². The molecule has 2 aromatic carbocycles. The summed E-state index contributed by atoms with van der Waals surface area (Å²) in [6.07, 6.45) is -0.910. The van der Waals surface area contributed by atoms with Crippen molar-refractivity contribution in [2.24, 2.45) is 0 Å². The maximum atomic E-state index is 12.1. The number of carbonyl (C=O) groups is 2. The van der Waals surface area contributed by atoms with E-state index in [0.29, 0.717) is 10.7 Å². The third-order valence-electron chi connectivity index (χ3n) is 3.18. The smallest absolute Gasteiger partial charge is 0.319 e. The second kappa shape index (κ2) is 8.76. The van der Waals surface area contributed by atoms with Gasteiger partial charge in [-0.1, -0.05) is 41.9 Å². The summed E-state index contributed by atoms with van der Waals surface area (Å²) in [4.78, 5) is 25.2. The van der Waals surface area contributed by atoms with E-state index in [-0.39, 0.29) is 0 Å². The Labute approximate surface area is 150 Å². The molecule has 0 heterocycles. The fourth-order valence-electron chi connectivity index (χ4n) is 1.87. The zero-order valence-corrected chi connectivity index (χ0v) is 14.9. The molecule has 126 valence electrons. The van der Waals surface area contributed by atoms with Crippen LogP contribution in [-0.4, -0.2) is 23.2 Å². The van der Waals surface area contributed by atoms with Crippen molar-refractivity contribution >= 4 is 40.9 Å². The summed E-state index contributed by atoms with van der Waals surface area (Å²) < 4.78 is 5.24. The molecule has 2 aromatic rings.